The van der Waals surface area contributed by atoms with E-state index in [0.717, 1.165) is 16.5 Å². The number of ether oxygens (including phenoxy) is 1. The van der Waals surface area contributed by atoms with Crippen LogP contribution in [0.4, 0.5) is 5.69 Å². The van der Waals surface area contributed by atoms with Gasteiger partial charge in [0.1, 0.15) is 12.4 Å². The van der Waals surface area contributed by atoms with Crippen LogP contribution in [-0.2, 0) is 11.4 Å². The lowest BCUT2D eigenvalue weighted by Gasteiger charge is -2.11. The Balaban J connectivity index is 1.36. The number of nitrogens with one attached hydrogen (secondary N) is 1. The quantitative estimate of drug-likeness (QED) is 0.284. The first-order valence-electron chi connectivity index (χ1n) is 10.5. The van der Waals surface area contributed by atoms with Crippen LogP contribution in [-0.4, -0.2) is 11.1 Å². The van der Waals surface area contributed by atoms with E-state index >= 15 is 0 Å². The number of amidine groups is 1. The van der Waals surface area contributed by atoms with Crippen molar-refractivity contribution >= 4 is 68.6 Å². The van der Waals surface area contributed by atoms with Crippen LogP contribution in [0.1, 0.15) is 11.1 Å². The van der Waals surface area contributed by atoms with Crippen molar-refractivity contribution in [3.05, 3.63) is 111 Å². The van der Waals surface area contributed by atoms with Gasteiger partial charge in [-0.25, -0.2) is 4.99 Å². The lowest BCUT2D eigenvalue weighted by Crippen LogP contribution is -2.19. The first kappa shape index (κ1) is 22.5. The standard InChI is InChI=1S/C27H18Cl2N2O2S/c28-22-13-12-20(15-23(22)29)30-27-31-26(32)25(34-27)14-18-7-2-4-11-24(18)33-16-19-9-5-8-17-6-1-3-10-21(17)19/h1-15H,16H2,(H,30,31,32)/b25-14+. The molecule has 0 aliphatic carbocycles. The van der Waals surface area contributed by atoms with Crippen molar-refractivity contribution in [1.29, 1.82) is 0 Å². The minimum absolute atomic E-state index is 0.215. The van der Waals surface area contributed by atoms with E-state index in [1.54, 1.807) is 18.2 Å². The lowest BCUT2D eigenvalue weighted by molar-refractivity contribution is -0.115. The second-order valence-corrected chi connectivity index (χ2v) is 9.39. The number of hydrogen-bond acceptors (Lipinski definition) is 4. The van der Waals surface area contributed by atoms with Crippen LogP contribution < -0.4 is 10.1 Å². The van der Waals surface area contributed by atoms with Crippen molar-refractivity contribution in [2.24, 2.45) is 4.99 Å². The number of aliphatic imine (C=N–C) groups is 1. The summed E-state index contributed by atoms with van der Waals surface area (Å²) in [6.07, 6.45) is 1.82. The Labute approximate surface area is 211 Å². The van der Waals surface area contributed by atoms with Crippen molar-refractivity contribution < 1.29 is 9.53 Å². The fourth-order valence-electron chi connectivity index (χ4n) is 3.60. The molecule has 168 valence electrons. The first-order chi connectivity index (χ1) is 16.6. The van der Waals surface area contributed by atoms with E-state index in [-0.39, 0.29) is 5.91 Å². The van der Waals surface area contributed by atoms with Crippen LogP contribution in [0.25, 0.3) is 16.8 Å². The zero-order chi connectivity index (χ0) is 23.5. The molecule has 1 amide bonds. The zero-order valence-corrected chi connectivity index (χ0v) is 20.1. The Hall–Kier alpha value is -3.25. The number of fused-ring (bicyclic) bond motifs is 1. The first-order valence-corrected chi connectivity index (χ1v) is 12.1. The van der Waals surface area contributed by atoms with Gasteiger partial charge in [-0.2, -0.15) is 0 Å². The summed E-state index contributed by atoms with van der Waals surface area (Å²) in [7, 11) is 0. The van der Waals surface area contributed by atoms with Gasteiger partial charge in [0, 0.05) is 5.56 Å². The molecule has 1 heterocycles. The monoisotopic (exact) mass is 504 g/mol. The van der Waals surface area contributed by atoms with Crippen molar-refractivity contribution in [2.45, 2.75) is 6.61 Å². The molecule has 0 spiro atoms. The molecule has 0 saturated carbocycles. The number of nitrogens with zero attached hydrogens (tertiary/aromatic N) is 1. The highest BCUT2D eigenvalue weighted by Gasteiger charge is 2.24. The molecular weight excluding hydrogens is 487 g/mol. The number of rotatable bonds is 5. The van der Waals surface area contributed by atoms with Crippen LogP contribution in [0.5, 0.6) is 5.75 Å². The molecule has 1 N–H and O–H groups in total. The van der Waals surface area contributed by atoms with Gasteiger partial charge in [-0.15, -0.1) is 0 Å². The number of hydrogen-bond donors (Lipinski definition) is 1. The van der Waals surface area contributed by atoms with Crippen molar-refractivity contribution in [2.75, 3.05) is 0 Å². The molecule has 4 nitrogen and oxygen atoms in total. The molecule has 1 aliphatic heterocycles. The minimum Gasteiger partial charge on any atom is -0.488 e. The summed E-state index contributed by atoms with van der Waals surface area (Å²) in [6.45, 7) is 0.422. The Morgan fingerprint density at radius 3 is 2.59 bits per heavy atom. The minimum atomic E-state index is -0.215. The largest absolute Gasteiger partial charge is 0.488 e. The fraction of sp³-hybridized carbons (Fsp3) is 0.0370. The highest BCUT2D eigenvalue weighted by molar-refractivity contribution is 8.18. The van der Waals surface area contributed by atoms with Gasteiger partial charge in [-0.1, -0.05) is 83.9 Å². The van der Waals surface area contributed by atoms with Crippen LogP contribution in [0, 0.1) is 0 Å². The van der Waals surface area contributed by atoms with Gasteiger partial charge in [-0.05, 0) is 58.4 Å². The normalized spacial score (nSPS) is 15.8. The van der Waals surface area contributed by atoms with Gasteiger partial charge in [0.2, 0.25) is 0 Å². The predicted octanol–water partition coefficient (Wildman–Crippen LogP) is 7.62. The molecule has 4 aromatic rings. The maximum Gasteiger partial charge on any atom is 0.264 e. The highest BCUT2D eigenvalue weighted by Crippen LogP contribution is 2.32. The van der Waals surface area contributed by atoms with Gasteiger partial charge < -0.3 is 10.1 Å². The molecule has 4 aromatic carbocycles. The van der Waals surface area contributed by atoms with Gasteiger partial charge in [-0.3, -0.25) is 4.79 Å². The Bertz CT molecular complexity index is 1460. The molecular formula is C27H18Cl2N2O2S. The number of amides is 1. The van der Waals surface area contributed by atoms with E-state index < -0.39 is 0 Å². The second-order valence-electron chi connectivity index (χ2n) is 7.54. The Morgan fingerprint density at radius 2 is 1.71 bits per heavy atom. The van der Waals surface area contributed by atoms with Crippen LogP contribution >= 0.6 is 35.0 Å². The SMILES string of the molecule is O=C1NC(=Nc2ccc(Cl)c(Cl)c2)S/C1=C/c1ccccc1OCc1cccc2ccccc12. The highest BCUT2D eigenvalue weighted by atomic mass is 35.5. The molecule has 1 fully saturated rings. The summed E-state index contributed by atoms with van der Waals surface area (Å²) < 4.78 is 6.18. The molecule has 0 radical (unpaired) electrons. The number of para-hydroxylation sites is 1. The number of halogens is 2. The van der Waals surface area contributed by atoms with Gasteiger partial charge in [0.25, 0.3) is 5.91 Å². The van der Waals surface area contributed by atoms with E-state index in [4.69, 9.17) is 27.9 Å². The molecule has 0 bridgehead atoms. The molecule has 5 rings (SSSR count). The van der Waals surface area contributed by atoms with Crippen molar-refractivity contribution in [1.82, 2.24) is 5.32 Å². The molecule has 0 atom stereocenters. The molecule has 0 unspecified atom stereocenters. The zero-order valence-electron chi connectivity index (χ0n) is 17.8. The summed E-state index contributed by atoms with van der Waals surface area (Å²) in [5, 5.41) is 6.46. The number of benzene rings is 4. The predicted molar refractivity (Wildman–Crippen MR) is 142 cm³/mol. The van der Waals surface area contributed by atoms with Crippen molar-refractivity contribution in [3.8, 4) is 5.75 Å². The van der Waals surface area contributed by atoms with Gasteiger partial charge in [0.05, 0.1) is 20.6 Å². The third-order valence-corrected chi connectivity index (χ3v) is 6.90. The summed E-state index contributed by atoms with van der Waals surface area (Å²) in [5.41, 5.74) is 2.53. The van der Waals surface area contributed by atoms with E-state index in [9.17, 15) is 4.79 Å². The van der Waals surface area contributed by atoms with E-state index in [0.29, 0.717) is 38.2 Å². The number of carbonyl (C=O) groups excluding carboxylic acids is 1. The van der Waals surface area contributed by atoms with E-state index in [1.807, 2.05) is 48.5 Å². The summed E-state index contributed by atoms with van der Waals surface area (Å²) in [5.74, 6) is 0.485. The van der Waals surface area contributed by atoms with Gasteiger partial charge in [0.15, 0.2) is 5.17 Å². The molecule has 1 aliphatic rings. The van der Waals surface area contributed by atoms with E-state index in [1.165, 1.54) is 17.1 Å². The van der Waals surface area contributed by atoms with Gasteiger partial charge >= 0.3 is 0 Å². The molecule has 34 heavy (non-hydrogen) atoms. The van der Waals surface area contributed by atoms with Crippen molar-refractivity contribution in [3.63, 3.8) is 0 Å². The van der Waals surface area contributed by atoms with Crippen LogP contribution in [0.2, 0.25) is 10.0 Å². The van der Waals surface area contributed by atoms with E-state index in [2.05, 4.69) is 34.6 Å². The van der Waals surface area contributed by atoms with Crippen LogP contribution in [0.3, 0.4) is 0 Å². The third kappa shape index (κ3) is 4.97. The van der Waals surface area contributed by atoms with Crippen LogP contribution in [0.15, 0.2) is 94.8 Å². The Kier molecular flexibility index (Phi) is 6.59. The topological polar surface area (TPSA) is 50.7 Å². The average molecular weight is 505 g/mol. The maximum absolute atomic E-state index is 12.6. The second kappa shape index (κ2) is 9.94. The summed E-state index contributed by atoms with van der Waals surface area (Å²) in [4.78, 5) is 17.6. The third-order valence-electron chi connectivity index (χ3n) is 5.25. The molecule has 1 saturated heterocycles. The number of carbonyl (C=O) groups is 1. The fourth-order valence-corrected chi connectivity index (χ4v) is 4.72. The summed E-state index contributed by atoms with van der Waals surface area (Å²) >= 11 is 13.3. The smallest absolute Gasteiger partial charge is 0.264 e. The Morgan fingerprint density at radius 1 is 0.912 bits per heavy atom. The average Bonchev–Trinajstić information content (AvgIpc) is 3.19. The molecule has 7 heteroatoms. The maximum atomic E-state index is 12.6. The lowest BCUT2D eigenvalue weighted by atomic mass is 10.1. The molecule has 0 aromatic heterocycles. The number of thioether (sulfide) groups is 1. The summed E-state index contributed by atoms with van der Waals surface area (Å²) in [6, 6.07) is 27.1.